The van der Waals surface area contributed by atoms with E-state index < -0.39 is 18.5 Å². The topological polar surface area (TPSA) is 83.5 Å². The smallest absolute Gasteiger partial charge is 0.381 e. The molecule has 3 atom stereocenters. The van der Waals surface area contributed by atoms with E-state index in [0.29, 0.717) is 50.1 Å². The van der Waals surface area contributed by atoms with Crippen molar-refractivity contribution in [3.63, 3.8) is 0 Å². The van der Waals surface area contributed by atoms with Crippen LogP contribution in [0.5, 0.6) is 0 Å². The van der Waals surface area contributed by atoms with Crippen molar-refractivity contribution in [2.75, 3.05) is 39.4 Å². The zero-order chi connectivity index (χ0) is 26.3. The second-order valence-electron chi connectivity index (χ2n) is 10.6. The molecule has 0 spiro atoms. The molecule has 4 heterocycles. The van der Waals surface area contributed by atoms with Crippen molar-refractivity contribution < 1.29 is 22.7 Å². The molecule has 2 aromatic rings. The van der Waals surface area contributed by atoms with Gasteiger partial charge < -0.3 is 14.6 Å². The van der Waals surface area contributed by atoms with Gasteiger partial charge in [0.2, 0.25) is 5.91 Å². The number of piperazine rings is 1. The summed E-state index contributed by atoms with van der Waals surface area (Å²) in [4.78, 5) is 33.3. The lowest BCUT2D eigenvalue weighted by molar-refractivity contribution is -0.138. The number of aromatic nitrogens is 3. The first-order valence-corrected chi connectivity index (χ1v) is 13.1. The van der Waals surface area contributed by atoms with Crippen LogP contribution in [0.25, 0.3) is 23.1 Å². The number of hydrogen-bond acceptors (Lipinski definition) is 5. The molecule has 5 rings (SSSR count). The minimum Gasteiger partial charge on any atom is -0.381 e. The van der Waals surface area contributed by atoms with Crippen LogP contribution in [0.15, 0.2) is 11.0 Å². The second-order valence-corrected chi connectivity index (χ2v) is 10.6. The van der Waals surface area contributed by atoms with Gasteiger partial charge in [-0.2, -0.15) is 18.3 Å². The second kappa shape index (κ2) is 10.2. The summed E-state index contributed by atoms with van der Waals surface area (Å²) in [7, 11) is 0. The van der Waals surface area contributed by atoms with Crippen molar-refractivity contribution in [1.82, 2.24) is 24.6 Å². The van der Waals surface area contributed by atoms with E-state index in [2.05, 4.69) is 10.1 Å². The van der Waals surface area contributed by atoms with Gasteiger partial charge in [-0.1, -0.05) is 19.1 Å². The quantitative estimate of drug-likeness (QED) is 0.649. The van der Waals surface area contributed by atoms with Crippen LogP contribution in [0.2, 0.25) is 0 Å². The van der Waals surface area contributed by atoms with E-state index in [1.54, 1.807) is 6.20 Å². The van der Waals surface area contributed by atoms with E-state index in [1.807, 2.05) is 40.5 Å². The zero-order valence-electron chi connectivity index (χ0n) is 21.3. The number of amides is 1. The van der Waals surface area contributed by atoms with Gasteiger partial charge in [-0.15, -0.1) is 0 Å². The van der Waals surface area contributed by atoms with Crippen molar-refractivity contribution in [2.24, 2.45) is 11.8 Å². The first kappa shape index (κ1) is 26.0. The Morgan fingerprint density at radius 3 is 2.65 bits per heavy atom. The summed E-state index contributed by atoms with van der Waals surface area (Å²) in [5.41, 5.74) is 0.568. The summed E-state index contributed by atoms with van der Waals surface area (Å²) in [6.45, 7) is 7.12. The summed E-state index contributed by atoms with van der Waals surface area (Å²) < 4.78 is 45.1. The molecule has 2 aromatic heterocycles. The molecule has 1 amide bonds. The largest absolute Gasteiger partial charge is 0.389 e. The predicted octanol–water partition coefficient (Wildman–Crippen LogP) is 1.78. The molecule has 2 fully saturated rings. The fraction of sp³-hybridized carbons (Fsp3) is 0.654. The average molecular weight is 522 g/mol. The minimum absolute atomic E-state index is 0.00710. The molecule has 2 unspecified atom stereocenters. The van der Waals surface area contributed by atoms with Crippen LogP contribution in [-0.2, 0) is 9.53 Å². The molecule has 0 saturated carbocycles. The fourth-order valence-electron chi connectivity index (χ4n) is 5.90. The van der Waals surface area contributed by atoms with Gasteiger partial charge in [0.25, 0.3) is 5.56 Å². The first-order chi connectivity index (χ1) is 17.6. The molecule has 37 heavy (non-hydrogen) atoms. The number of H-pyrrole nitrogens is 1. The van der Waals surface area contributed by atoms with E-state index in [0.717, 1.165) is 23.6 Å². The van der Waals surface area contributed by atoms with Crippen molar-refractivity contribution in [3.8, 4) is 0 Å². The summed E-state index contributed by atoms with van der Waals surface area (Å²) in [5, 5.41) is 6.61. The first-order valence-electron chi connectivity index (χ1n) is 13.1. The van der Waals surface area contributed by atoms with Crippen LogP contribution in [0.1, 0.15) is 45.6 Å². The monoisotopic (exact) mass is 521 g/mol. The van der Waals surface area contributed by atoms with Crippen LogP contribution in [0, 0.1) is 11.8 Å². The number of nitrogens with one attached hydrogen (secondary N) is 1. The minimum atomic E-state index is -4.14. The van der Waals surface area contributed by atoms with Crippen LogP contribution >= 0.6 is 0 Å². The Kier molecular flexibility index (Phi) is 7.19. The van der Waals surface area contributed by atoms with Gasteiger partial charge in [0.15, 0.2) is 0 Å². The normalized spacial score (nSPS) is 25.5. The number of pyridine rings is 1. The Labute approximate surface area is 212 Å². The Balaban J connectivity index is 1.39. The van der Waals surface area contributed by atoms with Crippen molar-refractivity contribution in [3.05, 3.63) is 27.1 Å². The lowest BCUT2D eigenvalue weighted by Crippen LogP contribution is -2.55. The molecule has 2 aliphatic heterocycles. The molecule has 11 heteroatoms. The van der Waals surface area contributed by atoms with E-state index >= 15 is 0 Å². The number of ether oxygens (including phenoxy) is 1. The van der Waals surface area contributed by atoms with Gasteiger partial charge in [-0.25, -0.2) is 0 Å². The number of alkyl halides is 3. The fourth-order valence-corrected chi connectivity index (χ4v) is 5.90. The van der Waals surface area contributed by atoms with Crippen LogP contribution < -0.4 is 16.1 Å². The third-order valence-corrected chi connectivity index (χ3v) is 7.98. The number of hydrogen-bond donors (Lipinski definition) is 1. The van der Waals surface area contributed by atoms with Crippen molar-refractivity contribution >= 4 is 29.0 Å². The van der Waals surface area contributed by atoms with Crippen LogP contribution in [0.4, 0.5) is 13.2 Å². The van der Waals surface area contributed by atoms with Crippen LogP contribution in [0.3, 0.4) is 0 Å². The molecule has 1 aliphatic carbocycles. The number of carbonyl (C=O) groups is 1. The molecule has 2 saturated heterocycles. The lowest BCUT2D eigenvalue weighted by Gasteiger charge is -2.41. The molecule has 8 nitrogen and oxygen atoms in total. The standard InChI is InChI=1S/C26H34F3N5O3/c1-16-12-22-20(23-21(24(35)31-22)14-30-34(23)18-4-10-37-11-5-18)13-19(16)25(36)33-9-8-32(17(2)15-33)7-3-6-26(27,28)29/h12-14,16-19H,3-11,15H2,1-2H3,(H,31,35)/t16?,17-,19?/m0/s1. The average Bonchev–Trinajstić information content (AvgIpc) is 3.30. The molecule has 0 aromatic carbocycles. The van der Waals surface area contributed by atoms with Crippen LogP contribution in [-0.4, -0.2) is 82.1 Å². The van der Waals surface area contributed by atoms with E-state index in [4.69, 9.17) is 4.74 Å². The number of rotatable bonds is 5. The number of carbonyl (C=O) groups excluding carboxylic acids is 1. The van der Waals surface area contributed by atoms with Gasteiger partial charge in [0.1, 0.15) is 0 Å². The Morgan fingerprint density at radius 1 is 1.19 bits per heavy atom. The van der Waals surface area contributed by atoms with Gasteiger partial charge in [0, 0.05) is 55.9 Å². The maximum atomic E-state index is 13.7. The maximum absolute atomic E-state index is 13.7. The highest BCUT2D eigenvalue weighted by molar-refractivity contribution is 5.88. The number of aromatic amines is 1. The molecule has 202 valence electrons. The van der Waals surface area contributed by atoms with Gasteiger partial charge in [-0.05, 0) is 38.6 Å². The van der Waals surface area contributed by atoms with Gasteiger partial charge >= 0.3 is 6.18 Å². The van der Waals surface area contributed by atoms with Crippen molar-refractivity contribution in [1.29, 1.82) is 0 Å². The predicted molar refractivity (Wildman–Crippen MR) is 133 cm³/mol. The zero-order valence-corrected chi connectivity index (χ0v) is 21.3. The Hall–Kier alpha value is -2.66. The Bertz CT molecular complexity index is 1330. The third-order valence-electron chi connectivity index (χ3n) is 7.98. The number of halogens is 3. The van der Waals surface area contributed by atoms with Gasteiger partial charge in [0.05, 0.1) is 29.1 Å². The van der Waals surface area contributed by atoms with Gasteiger partial charge in [-0.3, -0.25) is 19.2 Å². The molecule has 0 radical (unpaired) electrons. The molecule has 1 N–H and O–H groups in total. The maximum Gasteiger partial charge on any atom is 0.389 e. The lowest BCUT2D eigenvalue weighted by atomic mass is 9.87. The molecular weight excluding hydrogens is 487 g/mol. The highest BCUT2D eigenvalue weighted by atomic mass is 19.4. The number of nitrogens with zero attached hydrogens (tertiary/aromatic N) is 4. The highest BCUT2D eigenvalue weighted by Gasteiger charge is 2.34. The molecule has 3 aliphatic rings. The summed E-state index contributed by atoms with van der Waals surface area (Å²) in [5.74, 6) is -0.510. The summed E-state index contributed by atoms with van der Waals surface area (Å²) in [6.07, 6.45) is 2.29. The highest BCUT2D eigenvalue weighted by Crippen LogP contribution is 2.26. The summed E-state index contributed by atoms with van der Waals surface area (Å²) in [6, 6.07) is 0.115. The summed E-state index contributed by atoms with van der Waals surface area (Å²) >= 11 is 0. The van der Waals surface area contributed by atoms with Crippen molar-refractivity contribution in [2.45, 2.75) is 57.8 Å². The van der Waals surface area contributed by atoms with E-state index in [9.17, 15) is 22.8 Å². The third kappa shape index (κ3) is 5.34. The molecular formula is C26H34F3N5O3. The molecule has 0 bridgehead atoms. The SMILES string of the molecule is CC1C=c2[nH]c(=O)c3cnn(C4CCOCC4)c3c2=CC1C(=O)N1CCN(CCCC(F)(F)F)[C@@H](C)C1. The van der Waals surface area contributed by atoms with E-state index in [-0.39, 0.29) is 35.9 Å². The van der Waals surface area contributed by atoms with E-state index in [1.165, 1.54) is 0 Å². The number of fused-ring (bicyclic) bond motifs is 3. The Morgan fingerprint density at radius 2 is 1.95 bits per heavy atom.